The van der Waals surface area contributed by atoms with Crippen LogP contribution in [0.5, 0.6) is 0 Å². The number of nitrogens with two attached hydrogens (primary N) is 2. The van der Waals surface area contributed by atoms with Crippen LogP contribution in [0.15, 0.2) is 18.2 Å². The monoisotopic (exact) mass is 264 g/mol. The molecule has 0 aliphatic heterocycles. The summed E-state index contributed by atoms with van der Waals surface area (Å²) in [7, 11) is 0. The fourth-order valence-electron chi connectivity index (χ4n) is 1.49. The maximum absolute atomic E-state index is 12.0. The van der Waals surface area contributed by atoms with Crippen LogP contribution in [0, 0.1) is 12.3 Å². The molecule has 0 fully saturated rings. The molecule has 6 heteroatoms. The molecule has 0 aliphatic carbocycles. The molecule has 0 unspecified atom stereocenters. The highest BCUT2D eigenvalue weighted by Crippen LogP contribution is 2.16. The average Bonchev–Trinajstić information content (AvgIpc) is 2.35. The Morgan fingerprint density at radius 3 is 2.42 bits per heavy atom. The summed E-state index contributed by atoms with van der Waals surface area (Å²) >= 11 is 0. The predicted octanol–water partition coefficient (Wildman–Crippen LogP) is 0.522. The normalized spacial score (nSPS) is 10.9. The van der Waals surface area contributed by atoms with Crippen molar-refractivity contribution in [3.8, 4) is 0 Å². The average molecular weight is 264 g/mol. The highest BCUT2D eigenvalue weighted by molar-refractivity contribution is 5.96. The minimum Gasteiger partial charge on any atom is -0.369 e. The van der Waals surface area contributed by atoms with Gasteiger partial charge in [-0.25, -0.2) is 0 Å². The summed E-state index contributed by atoms with van der Waals surface area (Å²) in [6.45, 7) is 5.38. The molecule has 0 spiro atoms. The zero-order valence-corrected chi connectivity index (χ0v) is 11.4. The molecule has 2 amide bonds. The van der Waals surface area contributed by atoms with Crippen LogP contribution in [0.3, 0.4) is 0 Å². The van der Waals surface area contributed by atoms with Crippen molar-refractivity contribution in [2.24, 2.45) is 17.0 Å². The number of amides is 2. The number of hydrazine groups is 1. The summed E-state index contributed by atoms with van der Waals surface area (Å²) in [5, 5.41) is 2.71. The maximum atomic E-state index is 12.0. The molecule has 0 saturated heterocycles. The molecule has 1 aromatic carbocycles. The van der Waals surface area contributed by atoms with Crippen molar-refractivity contribution in [3.63, 3.8) is 0 Å². The van der Waals surface area contributed by atoms with E-state index < -0.39 is 11.3 Å². The lowest BCUT2D eigenvalue weighted by atomic mass is 9.92. The second-order valence-corrected chi connectivity index (χ2v) is 5.10. The lowest BCUT2D eigenvalue weighted by Crippen LogP contribution is -2.42. The molecule has 19 heavy (non-hydrogen) atoms. The van der Waals surface area contributed by atoms with Gasteiger partial charge < -0.3 is 16.5 Å². The highest BCUT2D eigenvalue weighted by Gasteiger charge is 2.25. The first-order valence-corrected chi connectivity index (χ1v) is 5.93. The maximum Gasteiger partial charge on any atom is 0.251 e. The molecule has 104 valence electrons. The molecule has 6 nitrogen and oxygen atoms in total. The van der Waals surface area contributed by atoms with Gasteiger partial charge in [-0.1, -0.05) is 0 Å². The molecule has 0 radical (unpaired) electrons. The van der Waals surface area contributed by atoms with E-state index in [1.807, 2.05) is 6.92 Å². The third kappa shape index (κ3) is 3.69. The van der Waals surface area contributed by atoms with Crippen LogP contribution in [0.25, 0.3) is 0 Å². The molecule has 0 bridgehead atoms. The van der Waals surface area contributed by atoms with Crippen LogP contribution in [0.4, 0.5) is 5.69 Å². The summed E-state index contributed by atoms with van der Waals surface area (Å²) in [5.41, 5.74) is 9.05. The van der Waals surface area contributed by atoms with Gasteiger partial charge in [-0.2, -0.15) is 0 Å². The van der Waals surface area contributed by atoms with Crippen molar-refractivity contribution in [1.29, 1.82) is 0 Å². The summed E-state index contributed by atoms with van der Waals surface area (Å²) in [4.78, 5) is 23.2. The molecule has 0 heterocycles. The number of benzene rings is 1. The first-order valence-electron chi connectivity index (χ1n) is 5.93. The quantitative estimate of drug-likeness (QED) is 0.459. The number of hydrogen-bond donors (Lipinski definition) is 4. The summed E-state index contributed by atoms with van der Waals surface area (Å²) in [6, 6.07) is 5.16. The van der Waals surface area contributed by atoms with Crippen LogP contribution >= 0.6 is 0 Å². The van der Waals surface area contributed by atoms with Gasteiger partial charge in [-0.15, -0.1) is 0 Å². The number of aryl methyl sites for hydroxylation is 1. The van der Waals surface area contributed by atoms with E-state index in [0.717, 1.165) is 11.3 Å². The Bertz CT molecular complexity index is 497. The van der Waals surface area contributed by atoms with Crippen molar-refractivity contribution >= 4 is 17.5 Å². The third-order valence-corrected chi connectivity index (χ3v) is 3.00. The van der Waals surface area contributed by atoms with Crippen molar-refractivity contribution in [1.82, 2.24) is 5.32 Å². The number of anilines is 1. The number of nitrogen functional groups attached to an aromatic ring is 1. The van der Waals surface area contributed by atoms with E-state index in [1.165, 1.54) is 0 Å². The van der Waals surface area contributed by atoms with Gasteiger partial charge in [-0.3, -0.25) is 15.4 Å². The Hall–Kier alpha value is -2.08. The summed E-state index contributed by atoms with van der Waals surface area (Å²) in [5.74, 6) is 4.60. The molecule has 1 aromatic rings. The SMILES string of the molecule is Cc1cc(NN)ccc1C(=O)NCC(C)(C)C(N)=O. The molecule has 6 N–H and O–H groups in total. The molecule has 0 atom stereocenters. The minimum atomic E-state index is -0.775. The van der Waals surface area contributed by atoms with Gasteiger partial charge in [0, 0.05) is 17.8 Å². The van der Waals surface area contributed by atoms with Gasteiger partial charge >= 0.3 is 0 Å². The molecule has 0 aromatic heterocycles. The van der Waals surface area contributed by atoms with Gasteiger partial charge in [0.1, 0.15) is 0 Å². The molecule has 0 aliphatic rings. The fraction of sp³-hybridized carbons (Fsp3) is 0.385. The van der Waals surface area contributed by atoms with Gasteiger partial charge in [0.15, 0.2) is 0 Å². The van der Waals surface area contributed by atoms with Crippen molar-refractivity contribution in [2.75, 3.05) is 12.0 Å². The zero-order chi connectivity index (χ0) is 14.6. The van der Waals surface area contributed by atoms with Crippen molar-refractivity contribution < 1.29 is 9.59 Å². The second-order valence-electron chi connectivity index (χ2n) is 5.10. The van der Waals surface area contributed by atoms with Crippen LogP contribution in [-0.2, 0) is 4.79 Å². The van der Waals surface area contributed by atoms with E-state index >= 15 is 0 Å². The Kier molecular flexibility index (Phi) is 4.50. The topological polar surface area (TPSA) is 110 Å². The number of carbonyl (C=O) groups is 2. The van der Waals surface area contributed by atoms with Gasteiger partial charge in [0.2, 0.25) is 5.91 Å². The smallest absolute Gasteiger partial charge is 0.251 e. The largest absolute Gasteiger partial charge is 0.369 e. The molecule has 0 saturated carbocycles. The lowest BCUT2D eigenvalue weighted by molar-refractivity contribution is -0.125. The van der Waals surface area contributed by atoms with Crippen LogP contribution < -0.4 is 22.3 Å². The van der Waals surface area contributed by atoms with Crippen LogP contribution in [-0.4, -0.2) is 18.4 Å². The first-order chi connectivity index (χ1) is 8.77. The lowest BCUT2D eigenvalue weighted by Gasteiger charge is -2.21. The Labute approximate surface area is 112 Å². The summed E-state index contributed by atoms with van der Waals surface area (Å²) < 4.78 is 0. The molecule has 1 rings (SSSR count). The van der Waals surface area contributed by atoms with Gasteiger partial charge in [-0.05, 0) is 44.5 Å². The number of hydrogen-bond acceptors (Lipinski definition) is 4. The van der Waals surface area contributed by atoms with Crippen molar-refractivity contribution in [2.45, 2.75) is 20.8 Å². The number of rotatable bonds is 5. The first kappa shape index (κ1) is 15.0. The Morgan fingerprint density at radius 2 is 1.95 bits per heavy atom. The predicted molar refractivity (Wildman–Crippen MR) is 74.3 cm³/mol. The highest BCUT2D eigenvalue weighted by atomic mass is 16.2. The Morgan fingerprint density at radius 1 is 1.32 bits per heavy atom. The van der Waals surface area contributed by atoms with E-state index in [-0.39, 0.29) is 12.5 Å². The van der Waals surface area contributed by atoms with E-state index in [0.29, 0.717) is 5.56 Å². The summed E-state index contributed by atoms with van der Waals surface area (Å²) in [6.07, 6.45) is 0. The Balaban J connectivity index is 2.77. The number of nitrogens with one attached hydrogen (secondary N) is 2. The number of carbonyl (C=O) groups excluding carboxylic acids is 2. The fourth-order valence-corrected chi connectivity index (χ4v) is 1.49. The van der Waals surface area contributed by atoms with E-state index in [2.05, 4.69) is 10.7 Å². The molecular formula is C13H20N4O2. The third-order valence-electron chi connectivity index (χ3n) is 3.00. The van der Waals surface area contributed by atoms with Crippen LogP contribution in [0.1, 0.15) is 29.8 Å². The van der Waals surface area contributed by atoms with E-state index in [4.69, 9.17) is 11.6 Å². The van der Waals surface area contributed by atoms with E-state index in [1.54, 1.807) is 32.0 Å². The van der Waals surface area contributed by atoms with Crippen molar-refractivity contribution in [3.05, 3.63) is 29.3 Å². The number of primary amides is 1. The van der Waals surface area contributed by atoms with Crippen LogP contribution in [0.2, 0.25) is 0 Å². The minimum absolute atomic E-state index is 0.192. The second kappa shape index (κ2) is 5.71. The standard InChI is InChI=1S/C13H20N4O2/c1-8-6-9(17-15)4-5-10(8)11(18)16-7-13(2,3)12(14)19/h4-6,17H,7,15H2,1-3H3,(H2,14,19)(H,16,18). The van der Waals surface area contributed by atoms with E-state index in [9.17, 15) is 9.59 Å². The zero-order valence-electron chi connectivity index (χ0n) is 11.4. The van der Waals surface area contributed by atoms with Gasteiger partial charge in [0.25, 0.3) is 5.91 Å². The molecular weight excluding hydrogens is 244 g/mol. The van der Waals surface area contributed by atoms with Gasteiger partial charge in [0.05, 0.1) is 5.41 Å².